The Morgan fingerprint density at radius 3 is 2.86 bits per heavy atom. The zero-order valence-corrected chi connectivity index (χ0v) is 13.4. The van der Waals surface area contributed by atoms with Crippen molar-refractivity contribution >= 4 is 11.8 Å². The van der Waals surface area contributed by atoms with Crippen LogP contribution in [0.2, 0.25) is 0 Å². The second-order valence-corrected chi connectivity index (χ2v) is 7.94. The minimum absolute atomic E-state index is 0.0665. The zero-order valence-electron chi connectivity index (χ0n) is 12.6. The molecule has 0 bridgehead atoms. The molecule has 0 aromatic heterocycles. The summed E-state index contributed by atoms with van der Waals surface area (Å²) in [5, 5.41) is 0. The summed E-state index contributed by atoms with van der Waals surface area (Å²) >= 11 is 1.99. The van der Waals surface area contributed by atoms with Crippen LogP contribution in [0.1, 0.15) is 31.7 Å². The summed E-state index contributed by atoms with van der Waals surface area (Å²) in [6.07, 6.45) is 4.04. The average Bonchev–Trinajstić information content (AvgIpc) is 2.89. The molecule has 4 heteroatoms. The van der Waals surface area contributed by atoms with E-state index in [0.29, 0.717) is 5.92 Å². The summed E-state index contributed by atoms with van der Waals surface area (Å²) < 4.78 is 19.1. The number of nitrogens with two attached hydrogens (primary N) is 1. The molecule has 2 saturated heterocycles. The molecule has 1 aromatic rings. The van der Waals surface area contributed by atoms with Crippen molar-refractivity contribution in [2.75, 3.05) is 18.1 Å². The Morgan fingerprint density at radius 1 is 1.43 bits per heavy atom. The van der Waals surface area contributed by atoms with Crippen LogP contribution >= 0.6 is 11.8 Å². The number of ether oxygens (including phenoxy) is 1. The summed E-state index contributed by atoms with van der Waals surface area (Å²) in [6.45, 7) is 2.96. The van der Waals surface area contributed by atoms with Gasteiger partial charge in [0.15, 0.2) is 0 Å². The van der Waals surface area contributed by atoms with Gasteiger partial charge in [0.25, 0.3) is 0 Å². The molecule has 3 atom stereocenters. The van der Waals surface area contributed by atoms with E-state index in [9.17, 15) is 4.39 Å². The van der Waals surface area contributed by atoms with Crippen LogP contribution in [0.4, 0.5) is 4.39 Å². The summed E-state index contributed by atoms with van der Waals surface area (Å²) in [5.74, 6) is 2.59. The molecule has 21 heavy (non-hydrogen) atoms. The van der Waals surface area contributed by atoms with Crippen LogP contribution in [0, 0.1) is 11.7 Å². The van der Waals surface area contributed by atoms with E-state index >= 15 is 0 Å². The molecule has 0 radical (unpaired) electrons. The Hall–Kier alpha value is -0.580. The standard InChI is InChI=1S/C17H24FNOS/c1-16(19,10-13-2-4-15(18)5-3-13)14-6-8-20-17(11-14)7-9-21-12-17/h2-5,14H,6-12,19H2,1H3. The molecular weight excluding hydrogens is 285 g/mol. The lowest BCUT2D eigenvalue weighted by Crippen LogP contribution is -2.53. The maximum atomic E-state index is 13.0. The van der Waals surface area contributed by atoms with E-state index < -0.39 is 0 Å². The third kappa shape index (κ3) is 3.43. The van der Waals surface area contributed by atoms with E-state index in [4.69, 9.17) is 10.5 Å². The van der Waals surface area contributed by atoms with Crippen LogP contribution in [-0.4, -0.2) is 29.3 Å². The minimum atomic E-state index is -0.262. The molecule has 3 unspecified atom stereocenters. The molecule has 2 aliphatic rings. The topological polar surface area (TPSA) is 35.2 Å². The predicted octanol–water partition coefficient (Wildman–Crippen LogP) is 3.39. The second-order valence-electron chi connectivity index (χ2n) is 6.83. The Bertz CT molecular complexity index is 482. The summed E-state index contributed by atoms with van der Waals surface area (Å²) in [5.41, 5.74) is 7.57. The van der Waals surface area contributed by atoms with Crippen LogP contribution < -0.4 is 5.73 Å². The first-order valence-electron chi connectivity index (χ1n) is 7.74. The third-order valence-electron chi connectivity index (χ3n) is 4.99. The van der Waals surface area contributed by atoms with Gasteiger partial charge in [0.05, 0.1) is 5.60 Å². The van der Waals surface area contributed by atoms with Gasteiger partial charge in [-0.1, -0.05) is 12.1 Å². The normalized spacial score (nSPS) is 32.2. The fourth-order valence-corrected chi connectivity index (χ4v) is 5.02. The minimum Gasteiger partial charge on any atom is -0.374 e. The van der Waals surface area contributed by atoms with Crippen molar-refractivity contribution < 1.29 is 9.13 Å². The Labute approximate surface area is 130 Å². The van der Waals surface area contributed by atoms with Crippen molar-refractivity contribution in [2.24, 2.45) is 11.7 Å². The Kier molecular flexibility index (Phi) is 4.30. The van der Waals surface area contributed by atoms with Crippen LogP contribution in [0.3, 0.4) is 0 Å². The highest BCUT2D eigenvalue weighted by Gasteiger charge is 2.44. The molecule has 0 amide bonds. The van der Waals surface area contributed by atoms with Gasteiger partial charge < -0.3 is 10.5 Å². The van der Waals surface area contributed by atoms with Gasteiger partial charge in [-0.15, -0.1) is 0 Å². The molecule has 116 valence electrons. The molecule has 1 aromatic carbocycles. The highest BCUT2D eigenvalue weighted by Crippen LogP contribution is 2.43. The van der Waals surface area contributed by atoms with E-state index in [1.165, 1.54) is 17.9 Å². The van der Waals surface area contributed by atoms with Crippen LogP contribution in [0.5, 0.6) is 0 Å². The predicted molar refractivity (Wildman–Crippen MR) is 86.0 cm³/mol. The SMILES string of the molecule is CC(N)(Cc1ccc(F)cc1)C1CCOC2(CCSC2)C1. The fraction of sp³-hybridized carbons (Fsp3) is 0.647. The summed E-state index contributed by atoms with van der Waals surface area (Å²) in [6, 6.07) is 6.73. The Balaban J connectivity index is 1.70. The zero-order chi connectivity index (χ0) is 14.9. The number of thioether (sulfide) groups is 1. The Morgan fingerprint density at radius 2 is 2.19 bits per heavy atom. The average molecular weight is 309 g/mol. The van der Waals surface area contributed by atoms with Crippen molar-refractivity contribution in [1.82, 2.24) is 0 Å². The third-order valence-corrected chi connectivity index (χ3v) is 6.21. The van der Waals surface area contributed by atoms with Crippen molar-refractivity contribution in [3.63, 3.8) is 0 Å². The van der Waals surface area contributed by atoms with E-state index in [2.05, 4.69) is 6.92 Å². The van der Waals surface area contributed by atoms with Crippen molar-refractivity contribution in [3.05, 3.63) is 35.6 Å². The van der Waals surface area contributed by atoms with Crippen LogP contribution in [0.15, 0.2) is 24.3 Å². The van der Waals surface area contributed by atoms with E-state index in [-0.39, 0.29) is 17.0 Å². The molecule has 2 N–H and O–H groups in total. The molecule has 1 spiro atoms. The van der Waals surface area contributed by atoms with E-state index in [1.807, 2.05) is 23.9 Å². The number of halogens is 1. The van der Waals surface area contributed by atoms with Gasteiger partial charge >= 0.3 is 0 Å². The lowest BCUT2D eigenvalue weighted by atomic mass is 9.72. The molecule has 2 aliphatic heterocycles. The lowest BCUT2D eigenvalue weighted by molar-refractivity contribution is -0.0909. The van der Waals surface area contributed by atoms with E-state index in [0.717, 1.165) is 43.6 Å². The van der Waals surface area contributed by atoms with Crippen molar-refractivity contribution in [2.45, 2.75) is 43.7 Å². The number of benzene rings is 1. The van der Waals surface area contributed by atoms with Gasteiger partial charge in [0, 0.05) is 17.9 Å². The van der Waals surface area contributed by atoms with Crippen LogP contribution in [0.25, 0.3) is 0 Å². The molecule has 2 nitrogen and oxygen atoms in total. The van der Waals surface area contributed by atoms with E-state index in [1.54, 1.807) is 0 Å². The fourth-order valence-electron chi connectivity index (χ4n) is 3.64. The largest absolute Gasteiger partial charge is 0.374 e. The molecule has 2 heterocycles. The maximum absolute atomic E-state index is 13.0. The molecule has 3 rings (SSSR count). The van der Waals surface area contributed by atoms with Gasteiger partial charge in [0.2, 0.25) is 0 Å². The monoisotopic (exact) mass is 309 g/mol. The van der Waals surface area contributed by atoms with Gasteiger partial charge in [-0.25, -0.2) is 4.39 Å². The maximum Gasteiger partial charge on any atom is 0.123 e. The van der Waals surface area contributed by atoms with Gasteiger partial charge in [0.1, 0.15) is 5.82 Å². The molecule has 0 saturated carbocycles. The second kappa shape index (κ2) is 5.90. The van der Waals surface area contributed by atoms with Gasteiger partial charge in [-0.2, -0.15) is 11.8 Å². The first kappa shape index (κ1) is 15.3. The first-order chi connectivity index (χ1) is 9.99. The highest BCUT2D eigenvalue weighted by atomic mass is 32.2. The quantitative estimate of drug-likeness (QED) is 0.929. The molecular formula is C17H24FNOS. The van der Waals surface area contributed by atoms with Crippen molar-refractivity contribution in [1.29, 1.82) is 0 Å². The van der Waals surface area contributed by atoms with Gasteiger partial charge in [-0.3, -0.25) is 0 Å². The number of hydrogen-bond acceptors (Lipinski definition) is 3. The molecule has 0 aliphatic carbocycles. The lowest BCUT2D eigenvalue weighted by Gasteiger charge is -2.44. The molecule has 2 fully saturated rings. The van der Waals surface area contributed by atoms with Gasteiger partial charge in [-0.05, 0) is 62.0 Å². The smallest absolute Gasteiger partial charge is 0.123 e. The number of rotatable bonds is 3. The highest BCUT2D eigenvalue weighted by molar-refractivity contribution is 7.99. The summed E-state index contributed by atoms with van der Waals surface area (Å²) in [4.78, 5) is 0. The summed E-state index contributed by atoms with van der Waals surface area (Å²) in [7, 11) is 0. The number of hydrogen-bond donors (Lipinski definition) is 1. The van der Waals surface area contributed by atoms with Crippen molar-refractivity contribution in [3.8, 4) is 0 Å². The van der Waals surface area contributed by atoms with Crippen LogP contribution in [-0.2, 0) is 11.2 Å². The first-order valence-corrected chi connectivity index (χ1v) is 8.90.